The third-order valence-corrected chi connectivity index (χ3v) is 2.99. The normalized spacial score (nSPS) is 12.4. The van der Waals surface area contributed by atoms with Crippen LogP contribution in [0.1, 0.15) is 18.9 Å². The number of hydrogen-bond donors (Lipinski definition) is 1. The molecule has 4 nitrogen and oxygen atoms in total. The van der Waals surface area contributed by atoms with Crippen LogP contribution in [0.15, 0.2) is 24.3 Å². The summed E-state index contributed by atoms with van der Waals surface area (Å²) in [5.74, 6) is 1.45. The van der Waals surface area contributed by atoms with E-state index in [0.717, 1.165) is 5.82 Å². The van der Waals surface area contributed by atoms with Crippen LogP contribution in [0.3, 0.4) is 0 Å². The van der Waals surface area contributed by atoms with Gasteiger partial charge < -0.3 is 9.30 Å². The fraction of sp³-hybridized carbons (Fsp3) is 0.273. The summed E-state index contributed by atoms with van der Waals surface area (Å²) in [6.45, 7) is 1.91. The van der Waals surface area contributed by atoms with Crippen LogP contribution in [0.2, 0.25) is 5.02 Å². The van der Waals surface area contributed by atoms with E-state index in [4.69, 9.17) is 28.6 Å². The highest BCUT2D eigenvalue weighted by molar-refractivity contribution is 7.71. The first-order valence-electron chi connectivity index (χ1n) is 5.11. The van der Waals surface area contributed by atoms with Gasteiger partial charge in [-0.1, -0.05) is 17.7 Å². The van der Waals surface area contributed by atoms with Gasteiger partial charge in [-0.25, -0.2) is 0 Å². The number of halogens is 1. The van der Waals surface area contributed by atoms with Gasteiger partial charge in [0, 0.05) is 12.1 Å². The first kappa shape index (κ1) is 12.1. The molecule has 1 aromatic heterocycles. The highest BCUT2D eigenvalue weighted by Crippen LogP contribution is 2.22. The minimum atomic E-state index is -0.202. The topological polar surface area (TPSA) is 42.8 Å². The molecule has 1 heterocycles. The second-order valence-corrected chi connectivity index (χ2v) is 4.49. The van der Waals surface area contributed by atoms with Gasteiger partial charge in [-0.15, -0.1) is 0 Å². The molecule has 2 rings (SSSR count). The summed E-state index contributed by atoms with van der Waals surface area (Å²) in [4.78, 5) is 0. The van der Waals surface area contributed by atoms with Gasteiger partial charge in [-0.3, -0.25) is 5.10 Å². The highest BCUT2D eigenvalue weighted by Gasteiger charge is 2.13. The summed E-state index contributed by atoms with van der Waals surface area (Å²) < 4.78 is 8.09. The summed E-state index contributed by atoms with van der Waals surface area (Å²) in [6.07, 6.45) is -0.202. The number of rotatable bonds is 3. The Labute approximate surface area is 109 Å². The van der Waals surface area contributed by atoms with Crippen LogP contribution in [0, 0.1) is 4.77 Å². The Morgan fingerprint density at radius 3 is 2.88 bits per heavy atom. The van der Waals surface area contributed by atoms with Crippen molar-refractivity contribution in [2.75, 3.05) is 0 Å². The Morgan fingerprint density at radius 2 is 2.29 bits per heavy atom. The fourth-order valence-corrected chi connectivity index (χ4v) is 1.84. The number of hydrogen-bond acceptors (Lipinski definition) is 3. The average molecular weight is 270 g/mol. The Kier molecular flexibility index (Phi) is 3.49. The lowest BCUT2D eigenvalue weighted by Crippen LogP contribution is -2.09. The maximum absolute atomic E-state index is 5.89. The zero-order chi connectivity index (χ0) is 12.4. The van der Waals surface area contributed by atoms with E-state index in [0.29, 0.717) is 15.5 Å². The molecule has 0 spiro atoms. The quantitative estimate of drug-likeness (QED) is 0.870. The molecule has 0 amide bonds. The summed E-state index contributed by atoms with van der Waals surface area (Å²) >= 11 is 10.9. The Morgan fingerprint density at radius 1 is 1.53 bits per heavy atom. The van der Waals surface area contributed by atoms with Crippen LogP contribution in [-0.4, -0.2) is 14.8 Å². The number of benzene rings is 1. The fourth-order valence-electron chi connectivity index (χ4n) is 1.52. The third-order valence-electron chi connectivity index (χ3n) is 2.39. The van der Waals surface area contributed by atoms with Crippen LogP contribution in [-0.2, 0) is 7.05 Å². The SMILES string of the molecule is CC(Oc1cccc(Cl)c1)c1n[nH]c(=S)n1C. The summed E-state index contributed by atoms with van der Waals surface area (Å²) in [5.41, 5.74) is 0. The lowest BCUT2D eigenvalue weighted by atomic mass is 10.3. The number of nitrogens with one attached hydrogen (secondary N) is 1. The molecule has 0 saturated heterocycles. The second-order valence-electron chi connectivity index (χ2n) is 3.66. The summed E-state index contributed by atoms with van der Waals surface area (Å²) in [6, 6.07) is 7.26. The Hall–Kier alpha value is -1.33. The predicted octanol–water partition coefficient (Wildman–Crippen LogP) is 3.27. The number of ether oxygens (including phenoxy) is 1. The van der Waals surface area contributed by atoms with Crippen molar-refractivity contribution in [3.05, 3.63) is 39.9 Å². The van der Waals surface area contributed by atoms with Crippen molar-refractivity contribution in [3.8, 4) is 5.75 Å². The van der Waals surface area contributed by atoms with E-state index in [1.165, 1.54) is 0 Å². The van der Waals surface area contributed by atoms with Crippen molar-refractivity contribution in [2.45, 2.75) is 13.0 Å². The molecule has 0 fully saturated rings. The number of aromatic amines is 1. The van der Waals surface area contributed by atoms with E-state index in [-0.39, 0.29) is 6.10 Å². The second kappa shape index (κ2) is 4.89. The molecular formula is C11H12ClN3OS. The minimum absolute atomic E-state index is 0.202. The monoisotopic (exact) mass is 269 g/mol. The van der Waals surface area contributed by atoms with Crippen molar-refractivity contribution in [3.63, 3.8) is 0 Å². The average Bonchev–Trinajstić information content (AvgIpc) is 2.60. The molecule has 0 aliphatic rings. The molecule has 1 N–H and O–H groups in total. The van der Waals surface area contributed by atoms with Gasteiger partial charge in [0.05, 0.1) is 0 Å². The molecule has 17 heavy (non-hydrogen) atoms. The van der Waals surface area contributed by atoms with Crippen LogP contribution in [0.25, 0.3) is 0 Å². The highest BCUT2D eigenvalue weighted by atomic mass is 35.5. The molecular weight excluding hydrogens is 258 g/mol. The number of H-pyrrole nitrogens is 1. The van der Waals surface area contributed by atoms with E-state index in [1.54, 1.807) is 16.7 Å². The molecule has 0 radical (unpaired) electrons. The van der Waals surface area contributed by atoms with Gasteiger partial charge in [-0.2, -0.15) is 5.10 Å². The van der Waals surface area contributed by atoms with Crippen LogP contribution >= 0.6 is 23.8 Å². The van der Waals surface area contributed by atoms with Crippen molar-refractivity contribution >= 4 is 23.8 Å². The van der Waals surface area contributed by atoms with E-state index in [1.807, 2.05) is 26.1 Å². The molecule has 1 unspecified atom stereocenters. The third kappa shape index (κ3) is 2.68. The maximum Gasteiger partial charge on any atom is 0.195 e. The maximum atomic E-state index is 5.89. The molecule has 0 aliphatic heterocycles. The van der Waals surface area contributed by atoms with Crippen LogP contribution in [0.5, 0.6) is 5.75 Å². The Balaban J connectivity index is 2.20. The molecule has 2 aromatic rings. The van der Waals surface area contributed by atoms with E-state index >= 15 is 0 Å². The van der Waals surface area contributed by atoms with Crippen LogP contribution in [0.4, 0.5) is 0 Å². The summed E-state index contributed by atoms with van der Waals surface area (Å²) in [5, 5.41) is 7.49. The molecule has 0 bridgehead atoms. The van der Waals surface area contributed by atoms with Gasteiger partial charge in [-0.05, 0) is 37.3 Å². The van der Waals surface area contributed by atoms with Crippen molar-refractivity contribution in [1.82, 2.24) is 14.8 Å². The molecule has 1 aromatic carbocycles. The lowest BCUT2D eigenvalue weighted by molar-refractivity contribution is 0.212. The standard InChI is InChI=1S/C11H12ClN3OS/c1-7(10-13-14-11(17)15(10)2)16-9-5-3-4-8(12)6-9/h3-7H,1-2H3,(H,14,17). The molecule has 6 heteroatoms. The van der Waals surface area contributed by atoms with Crippen LogP contribution < -0.4 is 4.74 Å². The van der Waals surface area contributed by atoms with Gasteiger partial charge in [0.15, 0.2) is 16.7 Å². The molecule has 90 valence electrons. The lowest BCUT2D eigenvalue weighted by Gasteiger charge is -2.13. The summed E-state index contributed by atoms with van der Waals surface area (Å²) in [7, 11) is 1.85. The van der Waals surface area contributed by atoms with Crippen molar-refractivity contribution < 1.29 is 4.74 Å². The Bertz CT molecular complexity index is 578. The molecule has 1 atom stereocenters. The van der Waals surface area contributed by atoms with Gasteiger partial charge >= 0.3 is 0 Å². The zero-order valence-electron chi connectivity index (χ0n) is 9.48. The van der Waals surface area contributed by atoms with E-state index in [9.17, 15) is 0 Å². The first-order chi connectivity index (χ1) is 8.08. The van der Waals surface area contributed by atoms with Gasteiger partial charge in [0.25, 0.3) is 0 Å². The zero-order valence-corrected chi connectivity index (χ0v) is 11.0. The number of nitrogens with zero attached hydrogens (tertiary/aromatic N) is 2. The van der Waals surface area contributed by atoms with Gasteiger partial charge in [0.1, 0.15) is 5.75 Å². The smallest absolute Gasteiger partial charge is 0.195 e. The number of aromatic nitrogens is 3. The van der Waals surface area contributed by atoms with Gasteiger partial charge in [0.2, 0.25) is 0 Å². The first-order valence-corrected chi connectivity index (χ1v) is 5.90. The van der Waals surface area contributed by atoms with E-state index in [2.05, 4.69) is 10.2 Å². The molecule has 0 saturated carbocycles. The minimum Gasteiger partial charge on any atom is -0.483 e. The van der Waals surface area contributed by atoms with E-state index < -0.39 is 0 Å². The predicted molar refractivity (Wildman–Crippen MR) is 68.9 cm³/mol. The van der Waals surface area contributed by atoms with Crippen molar-refractivity contribution in [2.24, 2.45) is 7.05 Å². The molecule has 0 aliphatic carbocycles. The largest absolute Gasteiger partial charge is 0.483 e. The van der Waals surface area contributed by atoms with Crippen molar-refractivity contribution in [1.29, 1.82) is 0 Å².